The van der Waals surface area contributed by atoms with Crippen LogP contribution in [0.4, 0.5) is 27.6 Å². The van der Waals surface area contributed by atoms with E-state index in [2.05, 4.69) is 10.2 Å². The van der Waals surface area contributed by atoms with Gasteiger partial charge >= 0.3 is 6.18 Å². The number of benzene rings is 2. The van der Waals surface area contributed by atoms with E-state index in [1.165, 1.54) is 4.31 Å². The van der Waals surface area contributed by atoms with Crippen molar-refractivity contribution in [1.82, 2.24) is 19.1 Å². The molecular weight excluding hydrogens is 497 g/mol. The van der Waals surface area contributed by atoms with Gasteiger partial charge in [0.1, 0.15) is 30.3 Å². The Hall–Kier alpha value is -2.66. The quantitative estimate of drug-likeness (QED) is 0.289. The van der Waals surface area contributed by atoms with E-state index in [9.17, 15) is 13.2 Å². The van der Waals surface area contributed by atoms with Gasteiger partial charge in [0.15, 0.2) is 0 Å². The summed E-state index contributed by atoms with van der Waals surface area (Å²) in [5.41, 5.74) is 0.982. The minimum atomic E-state index is -4.46. The molecule has 1 aromatic heterocycles. The molecule has 192 valence electrons. The molecule has 2 aromatic carbocycles. The molecule has 3 heterocycles. The van der Waals surface area contributed by atoms with E-state index in [4.69, 9.17) is 0 Å². The second-order valence-electron chi connectivity index (χ2n) is 9.24. The topological polar surface area (TPSA) is 37.2 Å². The number of nitrogens with zero attached hydrogens (tertiary/aromatic N) is 5. The summed E-state index contributed by atoms with van der Waals surface area (Å²) in [5, 5.41) is 7.45. The molecule has 2 atom stereocenters. The summed E-state index contributed by atoms with van der Waals surface area (Å²) in [6.07, 6.45) is 0.530. The van der Waals surface area contributed by atoms with E-state index in [1.54, 1.807) is 17.6 Å². The van der Waals surface area contributed by atoms with Crippen molar-refractivity contribution >= 4 is 17.6 Å². The zero-order valence-electron chi connectivity index (χ0n) is 19.4. The highest BCUT2D eigenvalue weighted by Crippen LogP contribution is 2.47. The highest BCUT2D eigenvalue weighted by molar-refractivity contribution is 7.97. The fraction of sp³-hybridized carbons (Fsp3) is 0.440. The predicted molar refractivity (Wildman–Crippen MR) is 128 cm³/mol. The van der Waals surface area contributed by atoms with Crippen LogP contribution in [0.2, 0.25) is 0 Å². The Morgan fingerprint density at radius 3 is 2.25 bits per heavy atom. The summed E-state index contributed by atoms with van der Waals surface area (Å²) >= 11 is 1.06. The van der Waals surface area contributed by atoms with Gasteiger partial charge in [-0.15, -0.1) is 10.2 Å². The van der Waals surface area contributed by atoms with Crippen LogP contribution >= 0.6 is 11.9 Å². The molecule has 0 N–H and O–H groups in total. The van der Waals surface area contributed by atoms with Crippen LogP contribution in [0.3, 0.4) is 0 Å². The van der Waals surface area contributed by atoms with Crippen LogP contribution in [0.15, 0.2) is 55.1 Å². The summed E-state index contributed by atoms with van der Waals surface area (Å²) in [7, 11) is 0. The standard InChI is InChI=1S/C25H26F5N5S/c26-20-13-22(33-10-8-19(9-11-33)34-15-31-32-16-34)21(27)12-18(20)14-35-24(25(28,29)30)7-6-23(36-35)17-4-2-1-3-5-17/h1-5,12-13,15-16,19,23-24H,6-11,14H2/t23-,24-/m1/s1. The van der Waals surface area contributed by atoms with Gasteiger partial charge in [0, 0.05) is 42.6 Å². The number of alkyl halides is 3. The molecule has 2 aliphatic heterocycles. The third-order valence-electron chi connectivity index (χ3n) is 6.97. The molecule has 0 aliphatic carbocycles. The molecule has 0 spiro atoms. The van der Waals surface area contributed by atoms with Crippen LogP contribution in [-0.4, -0.2) is 44.4 Å². The van der Waals surface area contributed by atoms with Crippen LogP contribution < -0.4 is 4.90 Å². The average Bonchev–Trinajstić information content (AvgIpc) is 3.41. The number of halogens is 5. The van der Waals surface area contributed by atoms with Crippen molar-refractivity contribution in [1.29, 1.82) is 0 Å². The molecule has 0 saturated carbocycles. The second-order valence-corrected chi connectivity index (χ2v) is 10.5. The Balaban J connectivity index is 1.32. The molecule has 3 aromatic rings. The molecule has 11 heteroatoms. The Bertz CT molecular complexity index is 1150. The zero-order chi connectivity index (χ0) is 25.3. The molecule has 2 aliphatic rings. The Labute approximate surface area is 210 Å². The highest BCUT2D eigenvalue weighted by atomic mass is 32.2. The minimum absolute atomic E-state index is 0.0777. The third kappa shape index (κ3) is 5.36. The van der Waals surface area contributed by atoms with Crippen LogP contribution in [0, 0.1) is 11.6 Å². The molecule has 5 rings (SSSR count). The lowest BCUT2D eigenvalue weighted by Gasteiger charge is -2.39. The summed E-state index contributed by atoms with van der Waals surface area (Å²) in [6.45, 7) is 0.710. The molecule has 0 unspecified atom stereocenters. The smallest absolute Gasteiger partial charge is 0.369 e. The van der Waals surface area contributed by atoms with E-state index < -0.39 is 23.9 Å². The number of anilines is 1. The normalized spacial score (nSPS) is 22.2. The van der Waals surface area contributed by atoms with E-state index in [0.717, 1.165) is 42.5 Å². The Kier molecular flexibility index (Phi) is 7.21. The van der Waals surface area contributed by atoms with Gasteiger partial charge in [0.05, 0.1) is 5.69 Å². The SMILES string of the molecule is Fc1cc(N2CCC(n3cnnc3)CC2)c(F)cc1CN1S[C@@H](c2ccccc2)CC[C@@H]1C(F)(F)F. The molecule has 2 saturated heterocycles. The van der Waals surface area contributed by atoms with E-state index in [-0.39, 0.29) is 35.5 Å². The predicted octanol–water partition coefficient (Wildman–Crippen LogP) is 6.31. The monoisotopic (exact) mass is 523 g/mol. The first-order chi connectivity index (χ1) is 17.3. The summed E-state index contributed by atoms with van der Waals surface area (Å²) < 4.78 is 74.8. The van der Waals surface area contributed by atoms with Crippen molar-refractivity contribution < 1.29 is 22.0 Å². The molecule has 5 nitrogen and oxygen atoms in total. The van der Waals surface area contributed by atoms with Crippen molar-refractivity contribution in [3.63, 3.8) is 0 Å². The van der Waals surface area contributed by atoms with E-state index >= 15 is 8.78 Å². The first-order valence-corrected chi connectivity index (χ1v) is 12.8. The maximum atomic E-state index is 15.2. The van der Waals surface area contributed by atoms with Gasteiger partial charge in [-0.05, 0) is 37.3 Å². The lowest BCUT2D eigenvalue weighted by molar-refractivity contribution is -0.174. The first-order valence-electron chi connectivity index (χ1n) is 11.9. The number of piperidine rings is 1. The lowest BCUT2D eigenvalue weighted by atomic mass is 10.0. The molecule has 0 bridgehead atoms. The molecule has 2 fully saturated rings. The Morgan fingerprint density at radius 2 is 1.58 bits per heavy atom. The summed E-state index contributed by atoms with van der Waals surface area (Å²) in [4.78, 5) is 1.78. The van der Waals surface area contributed by atoms with Gasteiger partial charge in [0.25, 0.3) is 0 Å². The molecule has 36 heavy (non-hydrogen) atoms. The van der Waals surface area contributed by atoms with Gasteiger partial charge < -0.3 is 9.47 Å². The van der Waals surface area contributed by atoms with Crippen LogP contribution in [-0.2, 0) is 6.54 Å². The van der Waals surface area contributed by atoms with Gasteiger partial charge in [-0.1, -0.05) is 42.3 Å². The van der Waals surface area contributed by atoms with Gasteiger partial charge in [-0.3, -0.25) is 0 Å². The van der Waals surface area contributed by atoms with Gasteiger partial charge in [0.2, 0.25) is 0 Å². The van der Waals surface area contributed by atoms with Crippen molar-refractivity contribution in [2.75, 3.05) is 18.0 Å². The number of hydrogen-bond donors (Lipinski definition) is 0. The van der Waals surface area contributed by atoms with Crippen molar-refractivity contribution in [3.8, 4) is 0 Å². The maximum absolute atomic E-state index is 15.2. The maximum Gasteiger partial charge on any atom is 0.404 e. The largest absolute Gasteiger partial charge is 0.404 e. The molecule has 0 radical (unpaired) electrons. The first kappa shape index (κ1) is 25.0. The minimum Gasteiger partial charge on any atom is -0.369 e. The highest BCUT2D eigenvalue weighted by Gasteiger charge is 2.47. The van der Waals surface area contributed by atoms with Gasteiger partial charge in [-0.2, -0.15) is 13.2 Å². The summed E-state index contributed by atoms with van der Waals surface area (Å²) in [5.74, 6) is -1.32. The second kappa shape index (κ2) is 10.4. The third-order valence-corrected chi connectivity index (χ3v) is 8.38. The zero-order valence-corrected chi connectivity index (χ0v) is 20.2. The number of aromatic nitrogens is 3. The number of rotatable bonds is 5. The number of hydrogen-bond acceptors (Lipinski definition) is 5. The van der Waals surface area contributed by atoms with Crippen LogP contribution in [0.25, 0.3) is 0 Å². The Morgan fingerprint density at radius 1 is 0.889 bits per heavy atom. The van der Waals surface area contributed by atoms with E-state index in [1.807, 2.05) is 34.9 Å². The van der Waals surface area contributed by atoms with Crippen molar-refractivity contribution in [2.24, 2.45) is 0 Å². The fourth-order valence-electron chi connectivity index (χ4n) is 5.02. The van der Waals surface area contributed by atoms with Gasteiger partial charge in [-0.25, -0.2) is 13.1 Å². The van der Waals surface area contributed by atoms with E-state index in [0.29, 0.717) is 19.5 Å². The molecule has 0 amide bonds. The van der Waals surface area contributed by atoms with Crippen molar-refractivity contribution in [2.45, 2.75) is 55.7 Å². The lowest BCUT2D eigenvalue weighted by Crippen LogP contribution is -2.44. The van der Waals surface area contributed by atoms with Crippen molar-refractivity contribution in [3.05, 3.63) is 77.9 Å². The fourth-order valence-corrected chi connectivity index (χ4v) is 6.46. The van der Waals surface area contributed by atoms with Crippen LogP contribution in [0.1, 0.15) is 48.1 Å². The van der Waals surface area contributed by atoms with Crippen LogP contribution in [0.5, 0.6) is 0 Å². The summed E-state index contributed by atoms with van der Waals surface area (Å²) in [6, 6.07) is 9.95. The molecular formula is C25H26F5N5S. The average molecular weight is 524 g/mol.